The second-order valence-corrected chi connectivity index (χ2v) is 11.6. The highest BCUT2D eigenvalue weighted by Gasteiger charge is 2.19. The van der Waals surface area contributed by atoms with Crippen molar-refractivity contribution in [1.29, 1.82) is 0 Å². The molecule has 0 atom stereocenters. The van der Waals surface area contributed by atoms with Gasteiger partial charge < -0.3 is 0 Å². The van der Waals surface area contributed by atoms with Gasteiger partial charge in [-0.1, -0.05) is 115 Å². The molecule has 0 amide bonds. The van der Waals surface area contributed by atoms with Gasteiger partial charge in [0.25, 0.3) is 0 Å². The molecule has 0 bridgehead atoms. The lowest BCUT2D eigenvalue weighted by Gasteiger charge is -2.14. The summed E-state index contributed by atoms with van der Waals surface area (Å²) in [4.78, 5) is 10.5. The number of aromatic nitrogens is 2. The van der Waals surface area contributed by atoms with Gasteiger partial charge in [0.1, 0.15) is 0 Å². The molecule has 2 nitrogen and oxygen atoms in total. The van der Waals surface area contributed by atoms with Crippen LogP contribution in [-0.2, 0) is 0 Å². The smallest absolute Gasteiger partial charge is 0.161 e. The number of hydrogen-bond donors (Lipinski definition) is 0. The topological polar surface area (TPSA) is 25.8 Å². The molecule has 0 aliphatic heterocycles. The monoisotopic (exact) mass is 538 g/mol. The molecule has 0 saturated carbocycles. The Morgan fingerprint density at radius 2 is 0.976 bits per heavy atom. The molecule has 2 aromatic heterocycles. The summed E-state index contributed by atoms with van der Waals surface area (Å²) in [5.74, 6) is 0.755. The Kier molecular flexibility index (Phi) is 4.80. The van der Waals surface area contributed by atoms with Gasteiger partial charge in [0.2, 0.25) is 0 Å². The molecule has 0 N–H and O–H groups in total. The molecule has 0 saturated heterocycles. The van der Waals surface area contributed by atoms with Crippen molar-refractivity contribution in [3.63, 3.8) is 0 Å². The van der Waals surface area contributed by atoms with E-state index in [1.807, 2.05) is 11.3 Å². The molecule has 3 heteroatoms. The minimum atomic E-state index is 0.755. The van der Waals surface area contributed by atoms with Crippen LogP contribution in [0.3, 0.4) is 0 Å². The Labute approximate surface area is 240 Å². The van der Waals surface area contributed by atoms with Crippen molar-refractivity contribution in [3.8, 4) is 33.8 Å². The van der Waals surface area contributed by atoms with E-state index in [0.29, 0.717) is 0 Å². The molecular formula is C38H22N2S. The summed E-state index contributed by atoms with van der Waals surface area (Å²) in [6.45, 7) is 0. The molecule has 190 valence electrons. The van der Waals surface area contributed by atoms with E-state index >= 15 is 0 Å². The van der Waals surface area contributed by atoms with E-state index < -0.39 is 0 Å². The normalized spacial score (nSPS) is 11.9. The lowest BCUT2D eigenvalue weighted by molar-refractivity contribution is 1.23. The quantitative estimate of drug-likeness (QED) is 0.209. The van der Waals surface area contributed by atoms with E-state index in [-0.39, 0.29) is 0 Å². The van der Waals surface area contributed by atoms with E-state index in [4.69, 9.17) is 9.97 Å². The minimum Gasteiger partial charge on any atom is -0.228 e. The predicted octanol–water partition coefficient (Wildman–Crippen LogP) is 10.7. The first-order valence-corrected chi connectivity index (χ1v) is 14.7. The molecule has 0 radical (unpaired) electrons. The number of hydrogen-bond acceptors (Lipinski definition) is 3. The van der Waals surface area contributed by atoms with Gasteiger partial charge in [0, 0.05) is 42.1 Å². The Balaban J connectivity index is 1.33. The average molecular weight is 539 g/mol. The Morgan fingerprint density at radius 1 is 0.390 bits per heavy atom. The molecule has 0 aliphatic carbocycles. The first-order chi connectivity index (χ1) is 20.3. The van der Waals surface area contributed by atoms with Gasteiger partial charge >= 0.3 is 0 Å². The summed E-state index contributed by atoms with van der Waals surface area (Å²) in [7, 11) is 0. The van der Waals surface area contributed by atoms with Crippen LogP contribution in [0.5, 0.6) is 0 Å². The molecular weight excluding hydrogens is 516 g/mol. The maximum Gasteiger partial charge on any atom is 0.161 e. The highest BCUT2D eigenvalue weighted by molar-refractivity contribution is 7.26. The third-order valence-electron chi connectivity index (χ3n) is 8.26. The van der Waals surface area contributed by atoms with Crippen molar-refractivity contribution >= 4 is 64.0 Å². The van der Waals surface area contributed by atoms with Gasteiger partial charge in [-0.15, -0.1) is 11.3 Å². The number of fused-ring (bicyclic) bond motifs is 4. The van der Waals surface area contributed by atoms with Crippen LogP contribution in [0.15, 0.2) is 133 Å². The van der Waals surface area contributed by atoms with Crippen molar-refractivity contribution in [1.82, 2.24) is 9.97 Å². The van der Waals surface area contributed by atoms with Crippen LogP contribution in [0.1, 0.15) is 0 Å². The molecule has 0 aliphatic rings. The Hall–Kier alpha value is -5.12. The lowest BCUT2D eigenvalue weighted by Crippen LogP contribution is -1.96. The van der Waals surface area contributed by atoms with Crippen molar-refractivity contribution in [2.45, 2.75) is 0 Å². The van der Waals surface area contributed by atoms with Crippen molar-refractivity contribution in [2.24, 2.45) is 0 Å². The van der Waals surface area contributed by atoms with Crippen molar-refractivity contribution < 1.29 is 0 Å². The van der Waals surface area contributed by atoms with Gasteiger partial charge in [0.15, 0.2) is 5.82 Å². The maximum atomic E-state index is 5.30. The molecule has 7 aromatic carbocycles. The zero-order valence-corrected chi connectivity index (χ0v) is 22.8. The zero-order chi connectivity index (χ0) is 26.9. The summed E-state index contributed by atoms with van der Waals surface area (Å²) in [6, 6.07) is 47.5. The van der Waals surface area contributed by atoms with E-state index in [1.54, 1.807) is 0 Å². The maximum absolute atomic E-state index is 5.30. The third-order valence-corrected chi connectivity index (χ3v) is 9.38. The highest BCUT2D eigenvalue weighted by atomic mass is 32.1. The summed E-state index contributed by atoms with van der Waals surface area (Å²) >= 11 is 1.87. The number of thiophene rings is 1. The highest BCUT2D eigenvalue weighted by Crippen LogP contribution is 2.47. The van der Waals surface area contributed by atoms with Gasteiger partial charge in [-0.2, -0.15) is 0 Å². The van der Waals surface area contributed by atoms with Crippen LogP contribution in [0.4, 0.5) is 0 Å². The summed E-state index contributed by atoms with van der Waals surface area (Å²) in [6.07, 6.45) is 0. The van der Waals surface area contributed by atoms with E-state index in [0.717, 1.165) is 33.5 Å². The first kappa shape index (κ1) is 22.7. The van der Waals surface area contributed by atoms with Crippen LogP contribution in [-0.4, -0.2) is 9.97 Å². The number of benzene rings is 7. The predicted molar refractivity (Wildman–Crippen MR) is 175 cm³/mol. The molecule has 0 spiro atoms. The summed E-state index contributed by atoms with van der Waals surface area (Å²) < 4.78 is 2.66. The number of nitrogens with zero attached hydrogens (tertiary/aromatic N) is 2. The average Bonchev–Trinajstić information content (AvgIpc) is 3.44. The minimum absolute atomic E-state index is 0.755. The van der Waals surface area contributed by atoms with Crippen LogP contribution in [0.25, 0.3) is 86.4 Å². The van der Waals surface area contributed by atoms with Gasteiger partial charge in [-0.25, -0.2) is 9.97 Å². The molecule has 41 heavy (non-hydrogen) atoms. The second kappa shape index (κ2) is 8.69. The van der Waals surface area contributed by atoms with Crippen LogP contribution < -0.4 is 0 Å². The van der Waals surface area contributed by atoms with Gasteiger partial charge in [-0.3, -0.25) is 0 Å². The molecule has 0 unspecified atom stereocenters. The van der Waals surface area contributed by atoms with Gasteiger partial charge in [0.05, 0.1) is 11.2 Å². The fourth-order valence-corrected chi connectivity index (χ4v) is 7.58. The fraction of sp³-hybridized carbons (Fsp3) is 0. The molecule has 0 fully saturated rings. The third kappa shape index (κ3) is 3.36. The van der Waals surface area contributed by atoms with Gasteiger partial charge in [-0.05, 0) is 45.5 Å². The van der Waals surface area contributed by atoms with Crippen LogP contribution in [0.2, 0.25) is 0 Å². The van der Waals surface area contributed by atoms with Crippen molar-refractivity contribution in [2.75, 3.05) is 0 Å². The number of para-hydroxylation sites is 1. The number of rotatable bonds is 3. The van der Waals surface area contributed by atoms with E-state index in [2.05, 4.69) is 133 Å². The summed E-state index contributed by atoms with van der Waals surface area (Å²) in [5, 5.41) is 8.80. The molecule has 9 aromatic rings. The SMILES string of the molecule is c1ccc(-c2ccc(-c3nc(-c4cccc5c6cccc7sc8cccc(c45)c8c76)nc4ccccc34)cc2)cc1. The van der Waals surface area contributed by atoms with Crippen molar-refractivity contribution in [3.05, 3.63) is 133 Å². The molecule has 9 rings (SSSR count). The summed E-state index contributed by atoms with van der Waals surface area (Å²) in [5.41, 5.74) is 6.46. The fourth-order valence-electron chi connectivity index (χ4n) is 6.42. The largest absolute Gasteiger partial charge is 0.228 e. The van der Waals surface area contributed by atoms with E-state index in [9.17, 15) is 0 Å². The Morgan fingerprint density at radius 3 is 1.78 bits per heavy atom. The lowest BCUT2D eigenvalue weighted by atomic mass is 9.91. The van der Waals surface area contributed by atoms with Crippen LogP contribution >= 0.6 is 11.3 Å². The standard InChI is InChI=1S/C38H22N2S/c1-2-9-23(10-3-1)24-19-21-25(22-20-24)37-28-11-4-5-16-31(28)39-38(40-37)30-15-6-12-26-27-13-7-17-32-35(27)36-29(34(26)30)14-8-18-33(36)41-32/h1-22H. The first-order valence-electron chi connectivity index (χ1n) is 13.8. The molecule has 2 heterocycles. The Bertz CT molecular complexity index is 2400. The second-order valence-electron chi connectivity index (χ2n) is 10.5. The van der Waals surface area contributed by atoms with E-state index in [1.165, 1.54) is 52.8 Å². The van der Waals surface area contributed by atoms with Crippen LogP contribution in [0, 0.1) is 0 Å². The zero-order valence-electron chi connectivity index (χ0n) is 22.0.